The van der Waals surface area contributed by atoms with Crippen molar-refractivity contribution >= 4 is 15.9 Å². The normalized spacial score (nSPS) is 20.3. The van der Waals surface area contributed by atoms with E-state index in [1.165, 1.54) is 6.07 Å². The van der Waals surface area contributed by atoms with Gasteiger partial charge in [0.05, 0.1) is 13.2 Å². The molecule has 1 saturated heterocycles. The van der Waals surface area contributed by atoms with Crippen LogP contribution in [0.5, 0.6) is 0 Å². The zero-order valence-electron chi connectivity index (χ0n) is 10.5. The van der Waals surface area contributed by atoms with E-state index in [0.29, 0.717) is 18.2 Å². The van der Waals surface area contributed by atoms with Crippen molar-refractivity contribution < 1.29 is 9.13 Å². The predicted octanol–water partition coefficient (Wildman–Crippen LogP) is 2.01. The second kappa shape index (κ2) is 6.61. The van der Waals surface area contributed by atoms with Gasteiger partial charge in [0.1, 0.15) is 5.82 Å². The third kappa shape index (κ3) is 4.02. The summed E-state index contributed by atoms with van der Waals surface area (Å²) in [5.74, 6) is -0.155. The Morgan fingerprint density at radius 2 is 2.39 bits per heavy atom. The Balaban J connectivity index is 1.89. The van der Waals surface area contributed by atoms with E-state index in [2.05, 4.69) is 26.1 Å². The summed E-state index contributed by atoms with van der Waals surface area (Å²) >= 11 is 3.37. The van der Waals surface area contributed by atoms with Crippen LogP contribution in [0.3, 0.4) is 0 Å². The molecule has 1 aliphatic heterocycles. The molecule has 1 atom stereocenters. The highest BCUT2D eigenvalue weighted by atomic mass is 79.9. The zero-order valence-corrected chi connectivity index (χ0v) is 12.0. The fourth-order valence-corrected chi connectivity index (χ4v) is 2.54. The summed E-state index contributed by atoms with van der Waals surface area (Å²) in [6.45, 7) is 3.85. The van der Waals surface area contributed by atoms with E-state index in [0.717, 1.165) is 30.8 Å². The molecule has 1 fully saturated rings. The minimum atomic E-state index is -0.155. The maximum absolute atomic E-state index is 13.6. The molecule has 100 valence electrons. The SMILES string of the molecule is CN(Cc1cc(Br)ccc1F)CC1COCCN1. The van der Waals surface area contributed by atoms with E-state index in [9.17, 15) is 4.39 Å². The molecule has 0 saturated carbocycles. The fraction of sp³-hybridized carbons (Fsp3) is 0.538. The lowest BCUT2D eigenvalue weighted by atomic mass is 10.2. The molecule has 1 aliphatic rings. The molecule has 2 rings (SSSR count). The first-order valence-corrected chi connectivity index (χ1v) is 6.88. The number of halogens is 2. The van der Waals surface area contributed by atoms with Gasteiger partial charge in [-0.2, -0.15) is 0 Å². The number of nitrogens with zero attached hydrogens (tertiary/aromatic N) is 1. The van der Waals surface area contributed by atoms with Gasteiger partial charge in [-0.3, -0.25) is 0 Å². The number of likely N-dealkylation sites (N-methyl/N-ethyl adjacent to an activating group) is 1. The molecule has 1 unspecified atom stereocenters. The summed E-state index contributed by atoms with van der Waals surface area (Å²) in [4.78, 5) is 2.11. The van der Waals surface area contributed by atoms with E-state index in [1.807, 2.05) is 13.1 Å². The Labute approximate surface area is 115 Å². The minimum Gasteiger partial charge on any atom is -0.378 e. The molecule has 1 N–H and O–H groups in total. The van der Waals surface area contributed by atoms with Crippen LogP contribution in [-0.4, -0.2) is 44.3 Å². The van der Waals surface area contributed by atoms with Crippen molar-refractivity contribution in [3.05, 3.63) is 34.1 Å². The van der Waals surface area contributed by atoms with Gasteiger partial charge in [-0.25, -0.2) is 4.39 Å². The van der Waals surface area contributed by atoms with Gasteiger partial charge in [0.25, 0.3) is 0 Å². The maximum Gasteiger partial charge on any atom is 0.127 e. The Bertz CT molecular complexity index is 397. The summed E-state index contributed by atoms with van der Waals surface area (Å²) in [7, 11) is 2.00. The van der Waals surface area contributed by atoms with Crippen molar-refractivity contribution in [2.24, 2.45) is 0 Å². The van der Waals surface area contributed by atoms with Crippen molar-refractivity contribution in [2.45, 2.75) is 12.6 Å². The summed E-state index contributed by atoms with van der Waals surface area (Å²) in [5, 5.41) is 3.39. The standard InChI is InChI=1S/C13H18BrFN2O/c1-17(8-12-9-18-5-4-16-12)7-10-6-11(14)2-3-13(10)15/h2-3,6,12,16H,4-5,7-9H2,1H3. The largest absolute Gasteiger partial charge is 0.378 e. The quantitative estimate of drug-likeness (QED) is 0.919. The van der Waals surface area contributed by atoms with E-state index in [4.69, 9.17) is 4.74 Å². The van der Waals surface area contributed by atoms with Crippen LogP contribution in [0, 0.1) is 5.82 Å². The second-order valence-corrected chi connectivity index (χ2v) is 5.57. The highest BCUT2D eigenvalue weighted by molar-refractivity contribution is 9.10. The highest BCUT2D eigenvalue weighted by Gasteiger charge is 2.15. The lowest BCUT2D eigenvalue weighted by molar-refractivity contribution is 0.0644. The third-order valence-corrected chi connectivity index (χ3v) is 3.47. The number of morpholine rings is 1. The van der Waals surface area contributed by atoms with E-state index in [-0.39, 0.29) is 5.82 Å². The van der Waals surface area contributed by atoms with Gasteiger partial charge < -0.3 is 15.0 Å². The maximum atomic E-state index is 13.6. The molecule has 1 aromatic carbocycles. The lowest BCUT2D eigenvalue weighted by Crippen LogP contribution is -2.47. The molecular formula is C13H18BrFN2O. The molecule has 0 radical (unpaired) electrons. The third-order valence-electron chi connectivity index (χ3n) is 2.98. The van der Waals surface area contributed by atoms with Crippen molar-refractivity contribution in [1.82, 2.24) is 10.2 Å². The first kappa shape index (κ1) is 13.9. The first-order chi connectivity index (χ1) is 8.65. The average molecular weight is 317 g/mol. The van der Waals surface area contributed by atoms with Crippen LogP contribution >= 0.6 is 15.9 Å². The number of ether oxygens (including phenoxy) is 1. The Hall–Kier alpha value is -0.490. The molecule has 0 spiro atoms. The Kier molecular flexibility index (Phi) is 5.12. The summed E-state index contributed by atoms with van der Waals surface area (Å²) in [6.07, 6.45) is 0. The molecule has 0 bridgehead atoms. The predicted molar refractivity (Wildman–Crippen MR) is 73.0 cm³/mol. The van der Waals surface area contributed by atoms with E-state index < -0.39 is 0 Å². The van der Waals surface area contributed by atoms with Gasteiger partial charge >= 0.3 is 0 Å². The lowest BCUT2D eigenvalue weighted by Gasteiger charge is -2.28. The number of hydrogen-bond donors (Lipinski definition) is 1. The van der Waals surface area contributed by atoms with Crippen molar-refractivity contribution in [2.75, 3.05) is 33.4 Å². The van der Waals surface area contributed by atoms with Crippen LogP contribution in [0.25, 0.3) is 0 Å². The van der Waals surface area contributed by atoms with Crippen LogP contribution < -0.4 is 5.32 Å². The number of hydrogen-bond acceptors (Lipinski definition) is 3. The Morgan fingerprint density at radius 3 is 3.11 bits per heavy atom. The van der Waals surface area contributed by atoms with Crippen LogP contribution in [0.1, 0.15) is 5.56 Å². The van der Waals surface area contributed by atoms with E-state index >= 15 is 0 Å². The van der Waals surface area contributed by atoms with Crippen molar-refractivity contribution in [3.63, 3.8) is 0 Å². The molecule has 1 heterocycles. The highest BCUT2D eigenvalue weighted by Crippen LogP contribution is 2.17. The van der Waals surface area contributed by atoms with Gasteiger partial charge in [0.2, 0.25) is 0 Å². The smallest absolute Gasteiger partial charge is 0.127 e. The van der Waals surface area contributed by atoms with Crippen LogP contribution in [0.15, 0.2) is 22.7 Å². The molecule has 18 heavy (non-hydrogen) atoms. The van der Waals surface area contributed by atoms with Gasteiger partial charge in [0, 0.05) is 35.7 Å². The molecule has 0 aliphatic carbocycles. The van der Waals surface area contributed by atoms with E-state index in [1.54, 1.807) is 6.07 Å². The van der Waals surface area contributed by atoms with Crippen molar-refractivity contribution in [1.29, 1.82) is 0 Å². The summed E-state index contributed by atoms with van der Waals surface area (Å²) in [6, 6.07) is 5.38. The molecule has 1 aromatic rings. The second-order valence-electron chi connectivity index (χ2n) is 4.66. The number of benzene rings is 1. The molecule has 0 amide bonds. The van der Waals surface area contributed by atoms with Crippen LogP contribution in [0.4, 0.5) is 4.39 Å². The molecular weight excluding hydrogens is 299 g/mol. The minimum absolute atomic E-state index is 0.155. The fourth-order valence-electron chi connectivity index (χ4n) is 2.13. The van der Waals surface area contributed by atoms with Crippen molar-refractivity contribution in [3.8, 4) is 0 Å². The summed E-state index contributed by atoms with van der Waals surface area (Å²) < 4.78 is 19.9. The summed E-state index contributed by atoms with van der Waals surface area (Å²) in [5.41, 5.74) is 0.712. The monoisotopic (exact) mass is 316 g/mol. The zero-order chi connectivity index (χ0) is 13.0. The molecule has 3 nitrogen and oxygen atoms in total. The van der Waals surface area contributed by atoms with Gasteiger partial charge in [-0.05, 0) is 25.2 Å². The van der Waals surface area contributed by atoms with Gasteiger partial charge in [-0.1, -0.05) is 15.9 Å². The van der Waals surface area contributed by atoms with Crippen LogP contribution in [0.2, 0.25) is 0 Å². The number of rotatable bonds is 4. The molecule has 0 aromatic heterocycles. The number of nitrogens with one attached hydrogen (secondary N) is 1. The Morgan fingerprint density at radius 1 is 1.56 bits per heavy atom. The topological polar surface area (TPSA) is 24.5 Å². The van der Waals surface area contributed by atoms with Crippen LogP contribution in [-0.2, 0) is 11.3 Å². The molecule has 5 heteroatoms. The van der Waals surface area contributed by atoms with Gasteiger partial charge in [0.15, 0.2) is 0 Å². The average Bonchev–Trinajstić information content (AvgIpc) is 2.35. The first-order valence-electron chi connectivity index (χ1n) is 6.09. The van der Waals surface area contributed by atoms with Gasteiger partial charge in [-0.15, -0.1) is 0 Å².